The van der Waals surface area contributed by atoms with Crippen LogP contribution in [-0.2, 0) is 20.1 Å². The van der Waals surface area contributed by atoms with Crippen molar-refractivity contribution in [3.8, 4) is 0 Å². The van der Waals surface area contributed by atoms with Gasteiger partial charge in [0.1, 0.15) is 5.83 Å². The van der Waals surface area contributed by atoms with E-state index in [1.54, 1.807) is 6.07 Å². The Bertz CT molecular complexity index is 2230. The third-order valence-corrected chi connectivity index (χ3v) is 14.5. The monoisotopic (exact) mass is 904 g/mol. The molecule has 1 aromatic heterocycles. The topological polar surface area (TPSA) is 51.2 Å². The lowest BCUT2D eigenvalue weighted by Crippen LogP contribution is -2.31. The van der Waals surface area contributed by atoms with Crippen LogP contribution in [0.1, 0.15) is 79.5 Å². The molecule has 60 heavy (non-hydrogen) atoms. The molecule has 0 saturated heterocycles. The quantitative estimate of drug-likeness (QED) is 0.0682. The van der Waals surface area contributed by atoms with Gasteiger partial charge in [-0.2, -0.15) is 0 Å². The molecule has 0 N–H and O–H groups in total. The first-order chi connectivity index (χ1) is 28.3. The largest absolute Gasteiger partial charge is 0.294 e. The average Bonchev–Trinajstić information content (AvgIpc) is 3.68. The number of thioether (sulfide) groups is 3. The summed E-state index contributed by atoms with van der Waals surface area (Å²) in [5.74, 6) is -6.65. The van der Waals surface area contributed by atoms with Crippen molar-refractivity contribution in [2.45, 2.75) is 79.4 Å². The van der Waals surface area contributed by atoms with Crippen LogP contribution in [0.2, 0.25) is 0 Å². The van der Waals surface area contributed by atoms with Gasteiger partial charge < -0.3 is 0 Å². The Kier molecular flexibility index (Phi) is 20.2. The number of hydrogen-bond donors (Lipinski definition) is 0. The third-order valence-electron chi connectivity index (χ3n) is 9.57. The number of allylic oxidation sites excluding steroid dienone is 9. The number of rotatable bonds is 17. The summed E-state index contributed by atoms with van der Waals surface area (Å²) in [7, 11) is 0. The van der Waals surface area contributed by atoms with E-state index in [1.165, 1.54) is 74.7 Å². The molecule has 1 aromatic carbocycles. The van der Waals surface area contributed by atoms with E-state index < -0.39 is 47.0 Å². The summed E-state index contributed by atoms with van der Waals surface area (Å²) in [5.41, 5.74) is 1.36. The van der Waals surface area contributed by atoms with Crippen LogP contribution in [-0.4, -0.2) is 41.2 Å². The van der Waals surface area contributed by atoms with Crippen LogP contribution in [0.15, 0.2) is 108 Å². The van der Waals surface area contributed by atoms with Crippen LogP contribution in [0.5, 0.6) is 0 Å². The summed E-state index contributed by atoms with van der Waals surface area (Å²) < 4.78 is 86.9. The van der Waals surface area contributed by atoms with Crippen LogP contribution >= 0.6 is 46.6 Å². The Hall–Kier alpha value is -4.04. The number of Topliss-reactive ketones (excluding diaryl/α,β-unsaturated/α-hetero) is 2. The molecule has 2 aliphatic rings. The fourth-order valence-corrected chi connectivity index (χ4v) is 10.7. The molecule has 0 radical (unpaired) electrons. The normalized spacial score (nSPS) is 16.4. The van der Waals surface area contributed by atoms with Gasteiger partial charge in [0.2, 0.25) is 0 Å². The lowest BCUT2D eigenvalue weighted by atomic mass is 9.87. The van der Waals surface area contributed by atoms with Crippen LogP contribution in [0, 0.1) is 31.3 Å². The summed E-state index contributed by atoms with van der Waals surface area (Å²) in [6, 6.07) is 1.78. The maximum absolute atomic E-state index is 14.9. The van der Waals surface area contributed by atoms with Crippen molar-refractivity contribution in [2.24, 2.45) is 0 Å². The maximum Gasteiger partial charge on any atom is 0.195 e. The zero-order chi connectivity index (χ0) is 45.9. The number of halogens is 6. The minimum atomic E-state index is -2.57. The lowest BCUT2D eigenvalue weighted by Gasteiger charge is -2.25. The zero-order valence-electron chi connectivity index (χ0n) is 35.0. The zero-order valence-corrected chi connectivity index (χ0v) is 38.3. The molecule has 0 amide bonds. The molecule has 13 heteroatoms. The van der Waals surface area contributed by atoms with Crippen molar-refractivity contribution < 1.29 is 40.7 Å². The molecule has 0 fully saturated rings. The fraction of sp³-hybridized carbons (Fsp3) is 0.298. The Morgan fingerprint density at radius 1 is 0.883 bits per heavy atom. The van der Waals surface area contributed by atoms with E-state index in [0.717, 1.165) is 16.6 Å². The van der Waals surface area contributed by atoms with Gasteiger partial charge in [0, 0.05) is 76.3 Å². The third kappa shape index (κ3) is 11.3. The van der Waals surface area contributed by atoms with E-state index in [2.05, 4.69) is 46.1 Å². The van der Waals surface area contributed by atoms with E-state index >= 15 is 0 Å². The Balaban J connectivity index is 0.00000301. The molecule has 1 heterocycles. The standard InChI is InChI=1S/C43H40F6O3S4.C2H6.C2H4/c1-11-13-30(50)25(9)29-14-27(56-42(29)26(10)53-16-19(3)34-20(4)22(6)36(44)40(48)38(34)46)17-54-33-15-31(51)24(8)28(12-2)43(33)55-18-32(52)35-21(5)23(7)37(45)41(49)39(35)47;2*1-2/h11,14-15,39,41H,1,3,8-10,12-13,16-18H2,2,4-7H3;1-2H3;1-2H2. The first kappa shape index (κ1) is 52.1. The molecular weight excluding hydrogens is 855 g/mol. The van der Waals surface area contributed by atoms with Crippen molar-refractivity contribution in [1.29, 1.82) is 0 Å². The molecule has 322 valence electrons. The Labute approximate surface area is 367 Å². The summed E-state index contributed by atoms with van der Waals surface area (Å²) in [6.07, 6.45) is -1.73. The summed E-state index contributed by atoms with van der Waals surface area (Å²) in [5, 5.41) is 0. The van der Waals surface area contributed by atoms with Crippen molar-refractivity contribution in [1.82, 2.24) is 0 Å². The first-order valence-corrected chi connectivity index (χ1v) is 22.5. The second kappa shape index (κ2) is 23.3. The van der Waals surface area contributed by atoms with Crippen molar-refractivity contribution in [3.05, 3.63) is 157 Å². The van der Waals surface area contributed by atoms with Gasteiger partial charge >= 0.3 is 0 Å². The highest BCUT2D eigenvalue weighted by molar-refractivity contribution is 8.09. The number of carbonyl (C=O) groups is 3. The fourth-order valence-electron chi connectivity index (χ4n) is 6.11. The van der Waals surface area contributed by atoms with E-state index in [-0.39, 0.29) is 79.8 Å². The molecule has 2 atom stereocenters. The van der Waals surface area contributed by atoms with Gasteiger partial charge in [0.05, 0.1) is 5.75 Å². The van der Waals surface area contributed by atoms with Crippen molar-refractivity contribution >= 4 is 80.0 Å². The highest BCUT2D eigenvalue weighted by Crippen LogP contribution is 2.46. The molecule has 2 aromatic rings. The van der Waals surface area contributed by atoms with Gasteiger partial charge in [0.15, 0.2) is 47.1 Å². The SMILES string of the molecule is C=C.C=CCC(=O)C(=C)c1cc(CSC2=CC(=O)C(=C)C(CC)=C2SCC(=O)C2=C(C)C(C)=C(F)C(F)C2F)sc1C(=C)SCC(=C)c1c(C)c(C)c(F)c(F)c1F.CC. The van der Waals surface area contributed by atoms with Crippen LogP contribution in [0.4, 0.5) is 26.3 Å². The highest BCUT2D eigenvalue weighted by atomic mass is 32.2. The van der Waals surface area contributed by atoms with Crippen LogP contribution in [0.3, 0.4) is 0 Å². The first-order valence-electron chi connectivity index (χ1n) is 18.7. The number of alkyl halides is 2. The molecule has 3 nitrogen and oxygen atoms in total. The lowest BCUT2D eigenvalue weighted by molar-refractivity contribution is -0.114. The van der Waals surface area contributed by atoms with Gasteiger partial charge in [-0.05, 0) is 73.6 Å². The van der Waals surface area contributed by atoms with E-state index in [9.17, 15) is 40.7 Å². The number of ketones is 3. The number of benzene rings is 1. The van der Waals surface area contributed by atoms with E-state index in [0.29, 0.717) is 37.1 Å². The maximum atomic E-state index is 14.9. The van der Waals surface area contributed by atoms with Gasteiger partial charge in [-0.1, -0.05) is 53.2 Å². The second-order valence-electron chi connectivity index (χ2n) is 13.1. The molecule has 0 saturated carbocycles. The average molecular weight is 905 g/mol. The molecule has 2 aliphatic carbocycles. The molecule has 0 bridgehead atoms. The molecular formula is C47H50F6O3S4. The summed E-state index contributed by atoms with van der Waals surface area (Å²) in [6.45, 7) is 37.0. The number of hydrogen-bond acceptors (Lipinski definition) is 7. The molecule has 2 unspecified atom stereocenters. The Morgan fingerprint density at radius 3 is 2.08 bits per heavy atom. The highest BCUT2D eigenvalue weighted by Gasteiger charge is 2.39. The van der Waals surface area contributed by atoms with Gasteiger partial charge in [-0.15, -0.1) is 66.4 Å². The minimum Gasteiger partial charge on any atom is -0.294 e. The summed E-state index contributed by atoms with van der Waals surface area (Å²) in [4.78, 5) is 42.3. The van der Waals surface area contributed by atoms with E-state index in [4.69, 9.17) is 0 Å². The molecule has 0 spiro atoms. The second-order valence-corrected chi connectivity index (χ2v) is 17.3. The number of thiophene rings is 1. The predicted molar refractivity (Wildman–Crippen MR) is 247 cm³/mol. The van der Waals surface area contributed by atoms with Crippen LogP contribution in [0.25, 0.3) is 16.1 Å². The van der Waals surface area contributed by atoms with Crippen molar-refractivity contribution in [3.63, 3.8) is 0 Å². The van der Waals surface area contributed by atoms with Crippen LogP contribution < -0.4 is 0 Å². The van der Waals surface area contributed by atoms with E-state index in [1.807, 2.05) is 20.8 Å². The number of carbonyl (C=O) groups excluding carboxylic acids is 3. The van der Waals surface area contributed by atoms with Gasteiger partial charge in [-0.25, -0.2) is 26.3 Å². The molecule has 0 aliphatic heterocycles. The smallest absolute Gasteiger partial charge is 0.195 e. The van der Waals surface area contributed by atoms with Gasteiger partial charge in [0.25, 0.3) is 0 Å². The molecule has 4 rings (SSSR count). The van der Waals surface area contributed by atoms with Crippen molar-refractivity contribution in [2.75, 3.05) is 11.5 Å². The minimum absolute atomic E-state index is 0.0269. The Morgan fingerprint density at radius 2 is 1.50 bits per heavy atom. The summed E-state index contributed by atoms with van der Waals surface area (Å²) >= 11 is 4.83. The van der Waals surface area contributed by atoms with Gasteiger partial charge in [-0.3, -0.25) is 14.4 Å². The predicted octanol–water partition coefficient (Wildman–Crippen LogP) is 14.7.